The molecule has 0 fully saturated rings. The zero-order valence-corrected chi connectivity index (χ0v) is 10.5. The van der Waals surface area contributed by atoms with Crippen molar-refractivity contribution in [2.75, 3.05) is 11.9 Å². The molecular weight excluding hydrogens is 225 g/mol. The number of nitrogens with one attached hydrogen (secondary N) is 1. The molecule has 0 aromatic heterocycles. The highest BCUT2D eigenvalue weighted by Gasteiger charge is 2.10. The molecule has 0 unspecified atom stereocenters. The molecule has 3 rings (SSSR count). The van der Waals surface area contributed by atoms with Crippen molar-refractivity contribution in [3.63, 3.8) is 0 Å². The number of hydrogen-bond donors (Lipinski definition) is 1. The zero-order chi connectivity index (χ0) is 12.5. The van der Waals surface area contributed by atoms with E-state index in [-0.39, 0.29) is 5.82 Å². The number of hydrogen-bond acceptors (Lipinski definition) is 1. The van der Waals surface area contributed by atoms with E-state index in [0.717, 1.165) is 29.7 Å². The molecule has 2 heteroatoms. The second-order valence-corrected chi connectivity index (χ2v) is 4.92. The molecule has 0 aliphatic carbocycles. The highest BCUT2D eigenvalue weighted by Crippen LogP contribution is 2.29. The van der Waals surface area contributed by atoms with Gasteiger partial charge in [-0.2, -0.15) is 0 Å². The third-order valence-corrected chi connectivity index (χ3v) is 3.42. The van der Waals surface area contributed by atoms with E-state index in [1.165, 1.54) is 17.7 Å². The first-order valence-electron chi connectivity index (χ1n) is 6.37. The van der Waals surface area contributed by atoms with Crippen LogP contribution in [0.25, 0.3) is 11.1 Å². The molecule has 18 heavy (non-hydrogen) atoms. The number of benzene rings is 2. The van der Waals surface area contributed by atoms with Gasteiger partial charge in [0.1, 0.15) is 5.82 Å². The van der Waals surface area contributed by atoms with E-state index >= 15 is 0 Å². The summed E-state index contributed by atoms with van der Waals surface area (Å²) in [5.74, 6) is -0.171. The third kappa shape index (κ3) is 2.10. The SMILES string of the molecule is Cc1cc(F)cc(-c2ccc3c(c2)NCCC3)c1. The van der Waals surface area contributed by atoms with Gasteiger partial charge in [-0.3, -0.25) is 0 Å². The smallest absolute Gasteiger partial charge is 0.124 e. The summed E-state index contributed by atoms with van der Waals surface area (Å²) in [5.41, 5.74) is 5.53. The van der Waals surface area contributed by atoms with Crippen molar-refractivity contribution in [2.45, 2.75) is 19.8 Å². The van der Waals surface area contributed by atoms with E-state index in [0.29, 0.717) is 0 Å². The molecule has 2 aromatic carbocycles. The summed E-state index contributed by atoms with van der Waals surface area (Å²) in [7, 11) is 0. The zero-order valence-electron chi connectivity index (χ0n) is 10.5. The van der Waals surface area contributed by atoms with Crippen LogP contribution < -0.4 is 5.32 Å². The number of halogens is 1. The van der Waals surface area contributed by atoms with Crippen LogP contribution in [0.2, 0.25) is 0 Å². The third-order valence-electron chi connectivity index (χ3n) is 3.42. The molecule has 0 saturated carbocycles. The predicted octanol–water partition coefficient (Wildman–Crippen LogP) is 4.16. The normalized spacial score (nSPS) is 13.9. The minimum absolute atomic E-state index is 0.171. The Morgan fingerprint density at radius 2 is 1.94 bits per heavy atom. The molecule has 0 atom stereocenters. The van der Waals surface area contributed by atoms with Gasteiger partial charge in [-0.25, -0.2) is 4.39 Å². The number of fused-ring (bicyclic) bond motifs is 1. The van der Waals surface area contributed by atoms with Gasteiger partial charge < -0.3 is 5.32 Å². The highest BCUT2D eigenvalue weighted by atomic mass is 19.1. The lowest BCUT2D eigenvalue weighted by molar-refractivity contribution is 0.627. The van der Waals surface area contributed by atoms with Crippen molar-refractivity contribution in [1.29, 1.82) is 0 Å². The molecule has 1 aliphatic heterocycles. The lowest BCUT2D eigenvalue weighted by atomic mass is 9.97. The molecule has 1 heterocycles. The Morgan fingerprint density at radius 3 is 2.78 bits per heavy atom. The van der Waals surface area contributed by atoms with Crippen molar-refractivity contribution >= 4 is 5.69 Å². The number of rotatable bonds is 1. The average Bonchev–Trinajstić information content (AvgIpc) is 2.37. The molecule has 0 amide bonds. The Labute approximate surface area is 107 Å². The summed E-state index contributed by atoms with van der Waals surface area (Å²) in [6.07, 6.45) is 2.32. The van der Waals surface area contributed by atoms with Crippen LogP contribution in [0.5, 0.6) is 0 Å². The van der Waals surface area contributed by atoms with Gasteiger partial charge in [0.05, 0.1) is 0 Å². The van der Waals surface area contributed by atoms with E-state index in [1.807, 2.05) is 13.0 Å². The quantitative estimate of drug-likeness (QED) is 0.790. The molecule has 1 nitrogen and oxygen atoms in total. The van der Waals surface area contributed by atoms with Gasteiger partial charge in [-0.15, -0.1) is 0 Å². The molecule has 0 radical (unpaired) electrons. The first-order valence-corrected chi connectivity index (χ1v) is 6.37. The van der Waals surface area contributed by atoms with E-state index in [1.54, 1.807) is 12.1 Å². The summed E-state index contributed by atoms with van der Waals surface area (Å²) in [6, 6.07) is 11.5. The van der Waals surface area contributed by atoms with Crippen molar-refractivity contribution < 1.29 is 4.39 Å². The molecule has 1 aliphatic rings. The maximum Gasteiger partial charge on any atom is 0.124 e. The fourth-order valence-electron chi connectivity index (χ4n) is 2.54. The van der Waals surface area contributed by atoms with E-state index in [2.05, 4.69) is 23.5 Å². The summed E-state index contributed by atoms with van der Waals surface area (Å²) in [5, 5.41) is 3.41. The largest absolute Gasteiger partial charge is 0.385 e. The first kappa shape index (κ1) is 11.3. The van der Waals surface area contributed by atoms with Crippen molar-refractivity contribution in [1.82, 2.24) is 0 Å². The van der Waals surface area contributed by atoms with Crippen molar-refractivity contribution in [2.24, 2.45) is 0 Å². The van der Waals surface area contributed by atoms with Gasteiger partial charge in [0, 0.05) is 12.2 Å². The highest BCUT2D eigenvalue weighted by molar-refractivity contribution is 5.71. The number of anilines is 1. The van der Waals surface area contributed by atoms with Crippen LogP contribution in [0, 0.1) is 12.7 Å². The topological polar surface area (TPSA) is 12.0 Å². The maximum atomic E-state index is 13.4. The summed E-state index contributed by atoms with van der Waals surface area (Å²) < 4.78 is 13.4. The Balaban J connectivity index is 2.06. The minimum atomic E-state index is -0.171. The molecule has 1 N–H and O–H groups in total. The van der Waals surface area contributed by atoms with Crippen LogP contribution in [0.1, 0.15) is 17.5 Å². The average molecular weight is 241 g/mol. The summed E-state index contributed by atoms with van der Waals surface area (Å²) in [4.78, 5) is 0. The minimum Gasteiger partial charge on any atom is -0.385 e. The van der Waals surface area contributed by atoms with Crippen LogP contribution in [0.4, 0.5) is 10.1 Å². The van der Waals surface area contributed by atoms with Gasteiger partial charge >= 0.3 is 0 Å². The Hall–Kier alpha value is -1.83. The van der Waals surface area contributed by atoms with Crippen LogP contribution in [0.3, 0.4) is 0 Å². The van der Waals surface area contributed by atoms with Gasteiger partial charge in [0.15, 0.2) is 0 Å². The first-order chi connectivity index (χ1) is 8.72. The van der Waals surface area contributed by atoms with Crippen LogP contribution >= 0.6 is 0 Å². The number of aryl methyl sites for hydroxylation is 2. The van der Waals surface area contributed by atoms with E-state index in [4.69, 9.17) is 0 Å². The van der Waals surface area contributed by atoms with Crippen molar-refractivity contribution in [3.05, 3.63) is 53.3 Å². The van der Waals surface area contributed by atoms with Gasteiger partial charge in [-0.1, -0.05) is 18.2 Å². The Bertz CT molecular complexity index is 569. The molecule has 92 valence electrons. The van der Waals surface area contributed by atoms with Crippen LogP contribution in [-0.2, 0) is 6.42 Å². The second kappa shape index (κ2) is 4.45. The fraction of sp³-hybridized carbons (Fsp3) is 0.250. The maximum absolute atomic E-state index is 13.4. The fourth-order valence-corrected chi connectivity index (χ4v) is 2.54. The standard InChI is InChI=1S/C16H16FN/c1-11-7-14(9-15(17)8-11)13-5-4-12-3-2-6-18-16(12)10-13/h4-5,7-10,18H,2-3,6H2,1H3. The summed E-state index contributed by atoms with van der Waals surface area (Å²) >= 11 is 0. The predicted molar refractivity (Wildman–Crippen MR) is 73.4 cm³/mol. The van der Waals surface area contributed by atoms with E-state index in [9.17, 15) is 4.39 Å². The van der Waals surface area contributed by atoms with Crippen LogP contribution in [0.15, 0.2) is 36.4 Å². The van der Waals surface area contributed by atoms with Crippen LogP contribution in [-0.4, -0.2) is 6.54 Å². The monoisotopic (exact) mass is 241 g/mol. The lowest BCUT2D eigenvalue weighted by Gasteiger charge is -2.19. The molecule has 0 bridgehead atoms. The van der Waals surface area contributed by atoms with Gasteiger partial charge in [0.2, 0.25) is 0 Å². The second-order valence-electron chi connectivity index (χ2n) is 4.92. The summed E-state index contributed by atoms with van der Waals surface area (Å²) in [6.45, 7) is 2.95. The van der Waals surface area contributed by atoms with E-state index < -0.39 is 0 Å². The van der Waals surface area contributed by atoms with Gasteiger partial charge in [-0.05, 0) is 60.2 Å². The van der Waals surface area contributed by atoms with Gasteiger partial charge in [0.25, 0.3) is 0 Å². The molecule has 2 aromatic rings. The molecular formula is C16H16FN. The lowest BCUT2D eigenvalue weighted by Crippen LogP contribution is -2.11. The van der Waals surface area contributed by atoms with Crippen molar-refractivity contribution in [3.8, 4) is 11.1 Å². The molecule has 0 spiro atoms. The molecule has 0 saturated heterocycles. The Kier molecular flexibility index (Phi) is 2.78. The Morgan fingerprint density at radius 1 is 1.06 bits per heavy atom.